The summed E-state index contributed by atoms with van der Waals surface area (Å²) < 4.78 is 17.5. The van der Waals surface area contributed by atoms with E-state index in [9.17, 15) is 9.59 Å². The van der Waals surface area contributed by atoms with Gasteiger partial charge in [-0.15, -0.1) is 0 Å². The van der Waals surface area contributed by atoms with Crippen LogP contribution in [-0.2, 0) is 6.42 Å². The number of para-hydroxylation sites is 1. The Labute approximate surface area is 193 Å². The van der Waals surface area contributed by atoms with E-state index in [1.807, 2.05) is 36.4 Å². The van der Waals surface area contributed by atoms with Gasteiger partial charge in [0.15, 0.2) is 11.5 Å². The molecule has 8 nitrogen and oxygen atoms in total. The Morgan fingerprint density at radius 2 is 1.73 bits per heavy atom. The molecule has 0 amide bonds. The second kappa shape index (κ2) is 9.66. The number of benzene rings is 2. The van der Waals surface area contributed by atoms with Crippen LogP contribution in [0.3, 0.4) is 0 Å². The zero-order valence-electron chi connectivity index (χ0n) is 18.3. The van der Waals surface area contributed by atoms with E-state index in [1.54, 1.807) is 38.5 Å². The lowest BCUT2D eigenvalue weighted by Crippen LogP contribution is -2.27. The number of allylic oxidation sites excluding steroid dienone is 1. The van der Waals surface area contributed by atoms with E-state index in [2.05, 4.69) is 10.1 Å². The Hall–Kier alpha value is -3.98. The fraction of sp³-hybridized carbons (Fsp3) is 0.167. The van der Waals surface area contributed by atoms with Gasteiger partial charge < -0.3 is 14.2 Å². The molecule has 2 aromatic carbocycles. The first-order chi connectivity index (χ1) is 16.0. The van der Waals surface area contributed by atoms with Crippen LogP contribution >= 0.6 is 11.3 Å². The molecule has 2 aromatic heterocycles. The monoisotopic (exact) mass is 463 g/mol. The third-order valence-corrected chi connectivity index (χ3v) is 5.91. The van der Waals surface area contributed by atoms with Crippen molar-refractivity contribution in [3.63, 3.8) is 0 Å². The van der Waals surface area contributed by atoms with E-state index < -0.39 is 5.56 Å². The highest BCUT2D eigenvalue weighted by Crippen LogP contribution is 2.28. The van der Waals surface area contributed by atoms with E-state index >= 15 is 0 Å². The molecular weight excluding hydrogens is 442 g/mol. The number of methoxy groups -OCH3 is 3. The first-order valence-corrected chi connectivity index (χ1v) is 10.8. The Morgan fingerprint density at radius 1 is 0.970 bits per heavy atom. The predicted octanol–water partition coefficient (Wildman–Crippen LogP) is 2.34. The van der Waals surface area contributed by atoms with Gasteiger partial charge >= 0.3 is 0 Å². The van der Waals surface area contributed by atoms with E-state index in [0.29, 0.717) is 16.0 Å². The number of hydrogen-bond donors (Lipinski definition) is 0. The zero-order valence-corrected chi connectivity index (χ0v) is 19.1. The standard InChI is InChI=1S/C24H21N3O5S/c1-30-18-9-5-4-7-16(18)8-6-10-21-23(29)27-24(33-21)25-22(28)17(26-27)13-15-11-12-19(31-2)20(14-15)32-3/h4-12,14H,13H2,1-3H3. The van der Waals surface area contributed by atoms with Crippen LogP contribution in [0, 0.1) is 0 Å². The molecular formula is C24H21N3O5S. The summed E-state index contributed by atoms with van der Waals surface area (Å²) in [6.07, 6.45) is 5.48. The molecule has 0 N–H and O–H groups in total. The molecule has 0 bridgehead atoms. The van der Waals surface area contributed by atoms with E-state index in [-0.39, 0.29) is 22.6 Å². The van der Waals surface area contributed by atoms with Crippen LogP contribution in [0.5, 0.6) is 17.2 Å². The average molecular weight is 464 g/mol. The van der Waals surface area contributed by atoms with Gasteiger partial charge in [-0.05, 0) is 29.8 Å². The molecule has 0 aliphatic heterocycles. The summed E-state index contributed by atoms with van der Waals surface area (Å²) in [7, 11) is 4.69. The first kappa shape index (κ1) is 22.2. The Balaban J connectivity index is 1.68. The number of ether oxygens (including phenoxy) is 3. The summed E-state index contributed by atoms with van der Waals surface area (Å²) in [6, 6.07) is 12.9. The smallest absolute Gasteiger partial charge is 0.296 e. The molecule has 0 aliphatic rings. The normalized spacial score (nSPS) is 11.9. The summed E-state index contributed by atoms with van der Waals surface area (Å²) in [4.78, 5) is 29.7. The summed E-state index contributed by atoms with van der Waals surface area (Å²) in [5.41, 5.74) is 1.04. The van der Waals surface area contributed by atoms with Gasteiger partial charge in [-0.1, -0.05) is 47.8 Å². The molecule has 0 saturated heterocycles. The molecule has 0 atom stereocenters. The molecule has 0 spiro atoms. The van der Waals surface area contributed by atoms with Crippen molar-refractivity contribution in [3.8, 4) is 17.2 Å². The SMILES string of the molecule is COc1ccccc1C=CC=c1sc2nc(=O)c(Cc3ccc(OC)c(OC)c3)nn2c1=O. The second-order valence-corrected chi connectivity index (χ2v) is 7.97. The van der Waals surface area contributed by atoms with Gasteiger partial charge in [-0.25, -0.2) is 0 Å². The molecule has 9 heteroatoms. The van der Waals surface area contributed by atoms with Crippen molar-refractivity contribution in [3.05, 3.63) is 90.6 Å². The van der Waals surface area contributed by atoms with Crippen molar-refractivity contribution < 1.29 is 14.2 Å². The van der Waals surface area contributed by atoms with Gasteiger partial charge in [0.2, 0.25) is 4.96 Å². The van der Waals surface area contributed by atoms with Crippen molar-refractivity contribution in [1.82, 2.24) is 14.6 Å². The van der Waals surface area contributed by atoms with Crippen LogP contribution in [0.1, 0.15) is 16.8 Å². The van der Waals surface area contributed by atoms with Crippen molar-refractivity contribution in [2.75, 3.05) is 21.3 Å². The lowest BCUT2D eigenvalue weighted by Gasteiger charge is -2.09. The largest absolute Gasteiger partial charge is 0.496 e. The van der Waals surface area contributed by atoms with E-state index in [1.165, 1.54) is 11.6 Å². The van der Waals surface area contributed by atoms with Crippen molar-refractivity contribution in [1.29, 1.82) is 0 Å². The third-order valence-electron chi connectivity index (χ3n) is 4.93. The molecule has 0 saturated carbocycles. The zero-order chi connectivity index (χ0) is 23.4. The highest BCUT2D eigenvalue weighted by molar-refractivity contribution is 7.15. The van der Waals surface area contributed by atoms with Gasteiger partial charge in [0, 0.05) is 12.0 Å². The molecule has 4 aromatic rings. The number of nitrogens with zero attached hydrogens (tertiary/aromatic N) is 3. The highest BCUT2D eigenvalue weighted by atomic mass is 32.1. The minimum absolute atomic E-state index is 0.172. The number of fused-ring (bicyclic) bond motifs is 1. The maximum atomic E-state index is 12.8. The Kier molecular flexibility index (Phi) is 6.50. The summed E-state index contributed by atoms with van der Waals surface area (Å²) in [5.74, 6) is 1.86. The van der Waals surface area contributed by atoms with Crippen LogP contribution in [0.25, 0.3) is 17.1 Å². The maximum Gasteiger partial charge on any atom is 0.296 e. The maximum absolute atomic E-state index is 12.8. The van der Waals surface area contributed by atoms with Crippen LogP contribution < -0.4 is 29.9 Å². The molecule has 2 heterocycles. The second-order valence-electron chi connectivity index (χ2n) is 6.96. The van der Waals surface area contributed by atoms with Gasteiger partial charge in [-0.3, -0.25) is 9.59 Å². The molecule has 0 aliphatic carbocycles. The van der Waals surface area contributed by atoms with E-state index in [4.69, 9.17) is 14.2 Å². The van der Waals surface area contributed by atoms with Crippen molar-refractivity contribution in [2.45, 2.75) is 6.42 Å². The quantitative estimate of drug-likeness (QED) is 0.415. The fourth-order valence-electron chi connectivity index (χ4n) is 3.29. The predicted molar refractivity (Wildman–Crippen MR) is 127 cm³/mol. The minimum atomic E-state index is -0.470. The third kappa shape index (κ3) is 4.63. The number of aromatic nitrogens is 3. The van der Waals surface area contributed by atoms with Crippen molar-refractivity contribution in [2.24, 2.45) is 0 Å². The van der Waals surface area contributed by atoms with E-state index in [0.717, 1.165) is 28.2 Å². The summed E-state index contributed by atoms with van der Waals surface area (Å²) in [5, 5.41) is 4.29. The minimum Gasteiger partial charge on any atom is -0.496 e. The Morgan fingerprint density at radius 3 is 2.48 bits per heavy atom. The number of rotatable bonds is 7. The number of hydrogen-bond acceptors (Lipinski definition) is 8. The highest BCUT2D eigenvalue weighted by Gasteiger charge is 2.13. The van der Waals surface area contributed by atoms with Crippen LogP contribution in [0.15, 0.2) is 58.1 Å². The van der Waals surface area contributed by atoms with Gasteiger partial charge in [0.1, 0.15) is 11.4 Å². The number of thiazole rings is 1. The van der Waals surface area contributed by atoms with Crippen LogP contribution in [0.2, 0.25) is 0 Å². The average Bonchev–Trinajstić information content (AvgIpc) is 3.13. The van der Waals surface area contributed by atoms with Gasteiger partial charge in [-0.2, -0.15) is 14.6 Å². The molecule has 168 valence electrons. The summed E-state index contributed by atoms with van der Waals surface area (Å²) >= 11 is 1.11. The van der Waals surface area contributed by atoms with Crippen LogP contribution in [0.4, 0.5) is 0 Å². The Bertz CT molecular complexity index is 1510. The lowest BCUT2D eigenvalue weighted by molar-refractivity contribution is 0.354. The summed E-state index contributed by atoms with van der Waals surface area (Å²) in [6.45, 7) is 0. The molecule has 33 heavy (non-hydrogen) atoms. The fourth-order valence-corrected chi connectivity index (χ4v) is 4.15. The molecule has 0 unspecified atom stereocenters. The lowest BCUT2D eigenvalue weighted by atomic mass is 10.1. The molecule has 0 radical (unpaired) electrons. The molecule has 4 rings (SSSR count). The first-order valence-electron chi connectivity index (χ1n) is 9.99. The van der Waals surface area contributed by atoms with Crippen LogP contribution in [-0.4, -0.2) is 35.9 Å². The molecule has 0 fully saturated rings. The van der Waals surface area contributed by atoms with Gasteiger partial charge in [0.05, 0.1) is 25.9 Å². The van der Waals surface area contributed by atoms with Crippen molar-refractivity contribution >= 4 is 28.4 Å². The topological polar surface area (TPSA) is 92.0 Å². The van der Waals surface area contributed by atoms with Gasteiger partial charge in [0.25, 0.3) is 11.1 Å².